The summed E-state index contributed by atoms with van der Waals surface area (Å²) in [4.78, 5) is 18.3. The fourth-order valence-corrected chi connectivity index (χ4v) is 1.76. The van der Waals surface area contributed by atoms with E-state index in [1.54, 1.807) is 13.0 Å². The van der Waals surface area contributed by atoms with E-state index in [1.807, 2.05) is 37.3 Å². The molecule has 4 heteroatoms. The smallest absolute Gasteiger partial charge is 0.251 e. The number of nitrogens with one attached hydrogen (secondary N) is 1. The summed E-state index contributed by atoms with van der Waals surface area (Å²) in [5.41, 5.74) is 1.50. The quantitative estimate of drug-likeness (QED) is 0.915. The number of benzene rings is 1. The largest absolute Gasteiger partial charge is 0.493 e. The van der Waals surface area contributed by atoms with Crippen LogP contribution in [-0.2, 0) is 0 Å². The molecule has 1 aromatic heterocycles. The van der Waals surface area contributed by atoms with Crippen LogP contribution in [0.4, 0.5) is 0 Å². The summed E-state index contributed by atoms with van der Waals surface area (Å²) < 4.78 is 5.53. The summed E-state index contributed by atoms with van der Waals surface area (Å²) >= 11 is 0. The van der Waals surface area contributed by atoms with Gasteiger partial charge in [-0.05, 0) is 32.1 Å². The second-order valence-electron chi connectivity index (χ2n) is 4.08. The minimum absolute atomic E-state index is 0.148. The number of rotatable bonds is 4. The van der Waals surface area contributed by atoms with Crippen LogP contribution >= 0.6 is 0 Å². The van der Waals surface area contributed by atoms with Crippen molar-refractivity contribution in [2.24, 2.45) is 0 Å². The van der Waals surface area contributed by atoms with Crippen LogP contribution in [0.2, 0.25) is 0 Å². The van der Waals surface area contributed by atoms with Crippen LogP contribution in [0.15, 0.2) is 35.1 Å². The predicted molar refractivity (Wildman–Crippen MR) is 76.1 cm³/mol. The van der Waals surface area contributed by atoms with Gasteiger partial charge in [-0.2, -0.15) is 0 Å². The van der Waals surface area contributed by atoms with E-state index >= 15 is 0 Å². The first kappa shape index (κ1) is 13.1. The van der Waals surface area contributed by atoms with Gasteiger partial charge in [0.25, 0.3) is 5.56 Å². The molecule has 0 bridgehead atoms. The van der Waals surface area contributed by atoms with Crippen LogP contribution in [0, 0.1) is 6.92 Å². The molecule has 0 aliphatic heterocycles. The number of aryl methyl sites for hydroxylation is 1. The Balaban J connectivity index is 2.29. The normalized spacial score (nSPS) is 10.8. The van der Waals surface area contributed by atoms with Gasteiger partial charge in [-0.15, -0.1) is 0 Å². The summed E-state index contributed by atoms with van der Waals surface area (Å²) in [7, 11) is 0. The van der Waals surface area contributed by atoms with Crippen molar-refractivity contribution in [3.8, 4) is 5.75 Å². The molecular weight excluding hydrogens is 240 g/mol. The molecule has 19 heavy (non-hydrogen) atoms. The van der Waals surface area contributed by atoms with Gasteiger partial charge in [0, 0.05) is 17.3 Å². The third-order valence-corrected chi connectivity index (χ3v) is 2.53. The average molecular weight is 256 g/mol. The zero-order chi connectivity index (χ0) is 13.7. The van der Waals surface area contributed by atoms with Crippen molar-refractivity contribution < 1.29 is 4.74 Å². The van der Waals surface area contributed by atoms with Gasteiger partial charge in [-0.1, -0.05) is 18.2 Å². The Kier molecular flexibility index (Phi) is 4.13. The average Bonchev–Trinajstić information content (AvgIpc) is 2.37. The highest BCUT2D eigenvalue weighted by molar-refractivity contribution is 5.70. The fraction of sp³-hybridized carbons (Fsp3) is 0.200. The predicted octanol–water partition coefficient (Wildman–Crippen LogP) is 2.65. The summed E-state index contributed by atoms with van der Waals surface area (Å²) in [6.45, 7) is 4.35. The highest BCUT2D eigenvalue weighted by atomic mass is 16.5. The van der Waals surface area contributed by atoms with E-state index in [-0.39, 0.29) is 5.56 Å². The van der Waals surface area contributed by atoms with Crippen molar-refractivity contribution in [3.63, 3.8) is 0 Å². The number of para-hydroxylation sites is 1. The van der Waals surface area contributed by atoms with Crippen LogP contribution in [0.5, 0.6) is 5.75 Å². The molecule has 0 saturated carbocycles. The Morgan fingerprint density at radius 3 is 2.84 bits per heavy atom. The molecule has 0 aliphatic carbocycles. The van der Waals surface area contributed by atoms with E-state index in [0.717, 1.165) is 11.3 Å². The number of nitrogens with zero attached hydrogens (tertiary/aromatic N) is 1. The van der Waals surface area contributed by atoms with E-state index < -0.39 is 0 Å². The van der Waals surface area contributed by atoms with Crippen LogP contribution in [-0.4, -0.2) is 16.6 Å². The molecule has 0 aliphatic rings. The molecule has 1 heterocycles. The van der Waals surface area contributed by atoms with E-state index in [4.69, 9.17) is 4.74 Å². The maximum atomic E-state index is 11.3. The van der Waals surface area contributed by atoms with Gasteiger partial charge in [-0.25, -0.2) is 4.98 Å². The Morgan fingerprint density at radius 2 is 2.11 bits per heavy atom. The molecular formula is C15H16N2O2. The van der Waals surface area contributed by atoms with Gasteiger partial charge in [0.1, 0.15) is 11.6 Å². The standard InChI is InChI=1S/C15H16N2O2/c1-3-19-13-7-5-4-6-12(13)8-9-14-16-11(2)10-15(18)17-14/h4-10H,3H2,1-2H3,(H,16,17,18). The van der Waals surface area contributed by atoms with Crippen molar-refractivity contribution in [1.82, 2.24) is 9.97 Å². The number of H-pyrrole nitrogens is 1. The van der Waals surface area contributed by atoms with Gasteiger partial charge in [0.05, 0.1) is 6.61 Å². The molecule has 0 fully saturated rings. The Hall–Kier alpha value is -2.36. The van der Waals surface area contributed by atoms with Crippen LogP contribution < -0.4 is 10.3 Å². The third kappa shape index (κ3) is 3.55. The van der Waals surface area contributed by atoms with Crippen molar-refractivity contribution in [2.75, 3.05) is 6.61 Å². The minimum Gasteiger partial charge on any atom is -0.493 e. The van der Waals surface area contributed by atoms with Crippen molar-refractivity contribution in [2.45, 2.75) is 13.8 Å². The molecule has 1 aromatic carbocycles. The zero-order valence-corrected chi connectivity index (χ0v) is 11.0. The highest BCUT2D eigenvalue weighted by Gasteiger charge is 1.99. The zero-order valence-electron chi connectivity index (χ0n) is 11.0. The molecule has 98 valence electrons. The number of hydrogen-bond acceptors (Lipinski definition) is 3. The lowest BCUT2D eigenvalue weighted by Gasteiger charge is -2.06. The van der Waals surface area contributed by atoms with Crippen LogP contribution in [0.1, 0.15) is 24.0 Å². The Labute approximate surface area is 111 Å². The first-order chi connectivity index (χ1) is 9.19. The van der Waals surface area contributed by atoms with Crippen molar-refractivity contribution in [1.29, 1.82) is 0 Å². The van der Waals surface area contributed by atoms with Crippen molar-refractivity contribution >= 4 is 12.2 Å². The fourth-order valence-electron chi connectivity index (χ4n) is 1.76. The SMILES string of the molecule is CCOc1ccccc1C=Cc1nc(C)cc(=O)[nH]1. The summed E-state index contributed by atoms with van der Waals surface area (Å²) in [6, 6.07) is 9.19. The van der Waals surface area contributed by atoms with E-state index in [2.05, 4.69) is 9.97 Å². The topological polar surface area (TPSA) is 55.0 Å². The van der Waals surface area contributed by atoms with Gasteiger partial charge in [0.15, 0.2) is 0 Å². The number of aromatic amines is 1. The number of hydrogen-bond donors (Lipinski definition) is 1. The van der Waals surface area contributed by atoms with Crippen molar-refractivity contribution in [3.05, 3.63) is 57.8 Å². The van der Waals surface area contributed by atoms with E-state index in [9.17, 15) is 4.79 Å². The van der Waals surface area contributed by atoms with Gasteiger partial charge in [-0.3, -0.25) is 4.79 Å². The third-order valence-electron chi connectivity index (χ3n) is 2.53. The monoisotopic (exact) mass is 256 g/mol. The second kappa shape index (κ2) is 6.00. The second-order valence-corrected chi connectivity index (χ2v) is 4.08. The van der Waals surface area contributed by atoms with Gasteiger partial charge in [0.2, 0.25) is 0 Å². The summed E-state index contributed by atoms with van der Waals surface area (Å²) in [5, 5.41) is 0. The van der Waals surface area contributed by atoms with Crippen LogP contribution in [0.3, 0.4) is 0 Å². The molecule has 0 amide bonds. The van der Waals surface area contributed by atoms with Gasteiger partial charge < -0.3 is 9.72 Å². The summed E-state index contributed by atoms with van der Waals surface area (Å²) in [6.07, 6.45) is 3.65. The van der Waals surface area contributed by atoms with E-state index in [0.29, 0.717) is 18.1 Å². The lowest BCUT2D eigenvalue weighted by molar-refractivity contribution is 0.339. The molecule has 1 N–H and O–H groups in total. The lowest BCUT2D eigenvalue weighted by atomic mass is 10.2. The maximum Gasteiger partial charge on any atom is 0.251 e. The first-order valence-corrected chi connectivity index (χ1v) is 6.17. The molecule has 2 aromatic rings. The minimum atomic E-state index is -0.148. The van der Waals surface area contributed by atoms with Crippen LogP contribution in [0.25, 0.3) is 12.2 Å². The molecule has 0 atom stereocenters. The molecule has 2 rings (SSSR count). The number of aromatic nitrogens is 2. The molecule has 4 nitrogen and oxygen atoms in total. The maximum absolute atomic E-state index is 11.3. The highest BCUT2D eigenvalue weighted by Crippen LogP contribution is 2.19. The molecule has 0 radical (unpaired) electrons. The number of ether oxygens (including phenoxy) is 1. The Bertz CT molecular complexity index is 645. The first-order valence-electron chi connectivity index (χ1n) is 6.17. The molecule has 0 spiro atoms. The van der Waals surface area contributed by atoms with Gasteiger partial charge >= 0.3 is 0 Å². The lowest BCUT2D eigenvalue weighted by Crippen LogP contribution is -2.08. The summed E-state index contributed by atoms with van der Waals surface area (Å²) in [5.74, 6) is 1.35. The Morgan fingerprint density at radius 1 is 1.32 bits per heavy atom. The van der Waals surface area contributed by atoms with E-state index in [1.165, 1.54) is 6.07 Å². The molecule has 0 unspecified atom stereocenters. The molecule has 0 saturated heterocycles.